The van der Waals surface area contributed by atoms with Gasteiger partial charge in [-0.05, 0) is 30.3 Å². The summed E-state index contributed by atoms with van der Waals surface area (Å²) < 4.78 is 21.2. The van der Waals surface area contributed by atoms with E-state index in [0.29, 0.717) is 0 Å². The number of oxazole rings is 1. The van der Waals surface area contributed by atoms with E-state index < -0.39 is 0 Å². The molecule has 3 aromatic rings. The van der Waals surface area contributed by atoms with Crippen LogP contribution in [-0.2, 0) is 7.05 Å². The van der Waals surface area contributed by atoms with Crippen molar-refractivity contribution in [2.45, 2.75) is 4.90 Å². The number of thioether (sulfide) groups is 1. The maximum atomic E-state index is 13.4. The normalized spacial score (nSPS) is 15.8. The minimum Gasteiger partial charge on any atom is -0.398 e. The first-order chi connectivity index (χ1) is 12.6. The molecule has 0 N–H and O–H groups in total. The number of hydrogen-bond acceptors (Lipinski definition) is 3. The van der Waals surface area contributed by atoms with Crippen molar-refractivity contribution in [2.75, 3.05) is 11.9 Å². The Bertz CT molecular complexity index is 1070. The highest BCUT2D eigenvalue weighted by molar-refractivity contribution is 8.03. The Balaban J connectivity index is 1.48. The van der Waals surface area contributed by atoms with E-state index in [1.807, 2.05) is 84.3 Å². The molecule has 0 spiro atoms. The fourth-order valence-corrected chi connectivity index (χ4v) is 3.93. The molecule has 2 aromatic carbocycles. The number of aromatic nitrogens is 1. The first-order valence-electron chi connectivity index (χ1n) is 8.27. The van der Waals surface area contributed by atoms with Crippen molar-refractivity contribution in [1.82, 2.24) is 0 Å². The molecule has 0 saturated carbocycles. The van der Waals surface area contributed by atoms with Gasteiger partial charge in [-0.25, -0.2) is 4.39 Å². The average Bonchev–Trinajstić information content (AvgIpc) is 3.13. The lowest BCUT2D eigenvalue weighted by Gasteiger charge is -2.12. The van der Waals surface area contributed by atoms with Gasteiger partial charge < -0.3 is 9.32 Å². The minimum absolute atomic E-state index is 0.213. The topological polar surface area (TPSA) is 20.3 Å². The molecule has 0 atom stereocenters. The van der Waals surface area contributed by atoms with Crippen molar-refractivity contribution in [3.63, 3.8) is 0 Å². The molecule has 0 radical (unpaired) electrons. The Morgan fingerprint density at radius 2 is 1.96 bits per heavy atom. The Morgan fingerprint density at radius 1 is 1.12 bits per heavy atom. The van der Waals surface area contributed by atoms with E-state index in [0.717, 1.165) is 32.6 Å². The van der Waals surface area contributed by atoms with E-state index in [2.05, 4.69) is 0 Å². The number of halogens is 1. The Morgan fingerprint density at radius 3 is 2.81 bits per heavy atom. The standard InChI is InChI=1S/C21H18FN2OS/c1-23-16-8-6-7-9-18(16)25-20(23)10-4-3-5-11-21-24(2)17-14-15(22)12-13-19(17)26-21/h3-14H,1-2H3/q+1. The molecule has 4 rings (SSSR count). The predicted molar refractivity (Wildman–Crippen MR) is 104 cm³/mol. The molecule has 0 aliphatic carbocycles. The summed E-state index contributed by atoms with van der Waals surface area (Å²) in [5.74, 6) is 0.577. The van der Waals surface area contributed by atoms with Crippen LogP contribution in [0.1, 0.15) is 5.89 Å². The van der Waals surface area contributed by atoms with Crippen molar-refractivity contribution in [2.24, 2.45) is 7.05 Å². The highest BCUT2D eigenvalue weighted by Crippen LogP contribution is 2.45. The van der Waals surface area contributed by atoms with E-state index in [9.17, 15) is 4.39 Å². The monoisotopic (exact) mass is 365 g/mol. The number of nitrogens with zero attached hydrogens (tertiary/aromatic N) is 2. The van der Waals surface area contributed by atoms with Crippen LogP contribution in [0.3, 0.4) is 0 Å². The van der Waals surface area contributed by atoms with Crippen LogP contribution in [0.15, 0.2) is 81.1 Å². The summed E-state index contributed by atoms with van der Waals surface area (Å²) in [5.41, 5.74) is 2.83. The lowest BCUT2D eigenvalue weighted by Crippen LogP contribution is -2.29. The molecule has 0 fully saturated rings. The highest BCUT2D eigenvalue weighted by atomic mass is 32.2. The molecule has 3 nitrogen and oxygen atoms in total. The Kier molecular flexibility index (Phi) is 4.39. The second-order valence-corrected chi connectivity index (χ2v) is 7.05. The van der Waals surface area contributed by atoms with Crippen molar-refractivity contribution >= 4 is 34.6 Å². The number of rotatable bonds is 3. The van der Waals surface area contributed by atoms with Crippen molar-refractivity contribution in [1.29, 1.82) is 0 Å². The number of benzene rings is 2. The molecule has 2 heterocycles. The fourth-order valence-electron chi connectivity index (χ4n) is 2.89. The first kappa shape index (κ1) is 16.7. The number of hydrogen-bond donors (Lipinski definition) is 0. The molecule has 26 heavy (non-hydrogen) atoms. The molecular formula is C21H18FN2OS+. The summed E-state index contributed by atoms with van der Waals surface area (Å²) >= 11 is 1.64. The first-order valence-corrected chi connectivity index (χ1v) is 9.09. The molecule has 1 aromatic heterocycles. The summed E-state index contributed by atoms with van der Waals surface area (Å²) in [5, 5.41) is 1.06. The van der Waals surface area contributed by atoms with E-state index in [-0.39, 0.29) is 5.82 Å². The summed E-state index contributed by atoms with van der Waals surface area (Å²) in [6.07, 6.45) is 9.83. The molecule has 130 valence electrons. The van der Waals surface area contributed by atoms with Gasteiger partial charge in [0.1, 0.15) is 12.9 Å². The predicted octanol–water partition coefficient (Wildman–Crippen LogP) is 5.05. The van der Waals surface area contributed by atoms with Crippen molar-refractivity contribution in [3.8, 4) is 0 Å². The van der Waals surface area contributed by atoms with Crippen molar-refractivity contribution < 1.29 is 13.4 Å². The van der Waals surface area contributed by atoms with Gasteiger partial charge in [0.25, 0.3) is 5.52 Å². The molecule has 0 amide bonds. The number of fused-ring (bicyclic) bond motifs is 2. The van der Waals surface area contributed by atoms with Crippen molar-refractivity contribution in [3.05, 3.63) is 83.5 Å². The van der Waals surface area contributed by atoms with E-state index in [1.165, 1.54) is 6.07 Å². The number of para-hydroxylation sites is 2. The van der Waals surface area contributed by atoms with Gasteiger partial charge in [0.05, 0.1) is 16.8 Å². The van der Waals surface area contributed by atoms with Crippen LogP contribution in [0.4, 0.5) is 10.1 Å². The Labute approximate surface area is 155 Å². The maximum absolute atomic E-state index is 13.4. The molecule has 0 saturated heterocycles. The summed E-state index contributed by atoms with van der Waals surface area (Å²) in [7, 11) is 3.93. The summed E-state index contributed by atoms with van der Waals surface area (Å²) in [4.78, 5) is 3.06. The van der Waals surface area contributed by atoms with E-state index in [1.54, 1.807) is 17.8 Å². The van der Waals surface area contributed by atoms with Crippen LogP contribution in [0.5, 0.6) is 0 Å². The third kappa shape index (κ3) is 3.06. The third-order valence-corrected chi connectivity index (χ3v) is 5.48. The zero-order valence-electron chi connectivity index (χ0n) is 14.5. The lowest BCUT2D eigenvalue weighted by atomic mass is 10.3. The molecule has 0 bridgehead atoms. The van der Waals surface area contributed by atoms with Gasteiger partial charge in [-0.2, -0.15) is 4.57 Å². The lowest BCUT2D eigenvalue weighted by molar-refractivity contribution is -0.652. The second-order valence-electron chi connectivity index (χ2n) is 5.99. The van der Waals surface area contributed by atoms with Gasteiger partial charge in [0.15, 0.2) is 0 Å². The number of anilines is 1. The fraction of sp³-hybridized carbons (Fsp3) is 0.0952. The van der Waals surface area contributed by atoms with Gasteiger partial charge in [-0.3, -0.25) is 0 Å². The third-order valence-electron chi connectivity index (χ3n) is 4.30. The van der Waals surface area contributed by atoms with E-state index in [4.69, 9.17) is 4.42 Å². The zero-order chi connectivity index (χ0) is 18.1. The number of allylic oxidation sites excluding steroid dienone is 4. The zero-order valence-corrected chi connectivity index (χ0v) is 15.3. The van der Waals surface area contributed by atoms with Crippen LogP contribution < -0.4 is 9.47 Å². The average molecular weight is 365 g/mol. The van der Waals surface area contributed by atoms with Gasteiger partial charge in [0.2, 0.25) is 5.58 Å². The van der Waals surface area contributed by atoms with Gasteiger partial charge in [0, 0.05) is 18.0 Å². The van der Waals surface area contributed by atoms with Gasteiger partial charge >= 0.3 is 5.89 Å². The van der Waals surface area contributed by atoms with E-state index >= 15 is 0 Å². The minimum atomic E-state index is -0.213. The summed E-state index contributed by atoms with van der Waals surface area (Å²) in [6.45, 7) is 0. The molecule has 0 unspecified atom stereocenters. The largest absolute Gasteiger partial charge is 0.398 e. The van der Waals surface area contributed by atoms with Crippen LogP contribution >= 0.6 is 11.8 Å². The van der Waals surface area contributed by atoms with Gasteiger partial charge in [-0.15, -0.1) is 0 Å². The second kappa shape index (κ2) is 6.84. The molecule has 1 aliphatic rings. The maximum Gasteiger partial charge on any atom is 0.373 e. The Hall–Kier alpha value is -2.79. The quantitative estimate of drug-likeness (QED) is 0.479. The molecular weight excluding hydrogens is 347 g/mol. The summed E-state index contributed by atoms with van der Waals surface area (Å²) in [6, 6.07) is 12.8. The molecule has 1 aliphatic heterocycles. The van der Waals surface area contributed by atoms with Crippen LogP contribution in [0.25, 0.3) is 17.2 Å². The smallest absolute Gasteiger partial charge is 0.373 e. The molecule has 5 heteroatoms. The number of aryl methyl sites for hydroxylation is 1. The van der Waals surface area contributed by atoms with Crippen LogP contribution in [0.2, 0.25) is 0 Å². The SMILES string of the molecule is CN1/C(=C/C=C/C=C/c2oc3ccccc3[n+]2C)Sc2ccc(F)cc21. The van der Waals surface area contributed by atoms with Crippen LogP contribution in [-0.4, -0.2) is 7.05 Å². The highest BCUT2D eigenvalue weighted by Gasteiger charge is 2.21. The van der Waals surface area contributed by atoms with Gasteiger partial charge in [-0.1, -0.05) is 42.1 Å². The van der Waals surface area contributed by atoms with Crippen LogP contribution in [0, 0.1) is 5.82 Å².